The normalized spacial score (nSPS) is 23.6. The fraction of sp³-hybridized carbons (Fsp3) is 0.587. The third kappa shape index (κ3) is 10.9. The monoisotopic (exact) mass is 815 g/mol. The fourth-order valence-electron chi connectivity index (χ4n) is 9.61. The van der Waals surface area contributed by atoms with Crippen LogP contribution in [0.2, 0.25) is 5.02 Å². The van der Waals surface area contributed by atoms with Gasteiger partial charge >= 0.3 is 6.09 Å². The molecule has 3 saturated heterocycles. The minimum atomic E-state index is -0.744. The van der Waals surface area contributed by atoms with Crippen molar-refractivity contribution in [2.24, 2.45) is 5.41 Å². The van der Waals surface area contributed by atoms with Crippen LogP contribution in [-0.4, -0.2) is 108 Å². The number of likely N-dealkylation sites (tertiary alicyclic amines) is 2. The van der Waals surface area contributed by atoms with Crippen LogP contribution in [0.5, 0.6) is 5.75 Å². The topological polar surface area (TPSA) is 85.4 Å². The van der Waals surface area contributed by atoms with Crippen LogP contribution in [0.1, 0.15) is 92.2 Å². The summed E-state index contributed by atoms with van der Waals surface area (Å²) in [5.74, 6) is 0.274. The maximum absolute atomic E-state index is 14.9. The van der Waals surface area contributed by atoms with E-state index in [9.17, 15) is 14.4 Å². The van der Waals surface area contributed by atoms with E-state index in [1.54, 1.807) is 27.2 Å². The standard InChI is InChI=1S/C46H62ClN5O4S/c1-34-15-18-42(43(47)35(34)2)56-45(55)51-28-29-52(40(32-51)41(53)17-16-38-13-10-30-57-38)44(54)39(14-6-7-24-49-25-8-9-26-49)48-37-19-21-46(22-20-37)23-27-50(33-46)31-36-11-4-3-5-12-36/h3-5,10-13,15,18,30,37,39-40,48H,6-9,14,16-17,19-29,31-33H2,1-2H3/t37?,39-,40+,46?/m1/s1. The molecule has 1 aromatic heterocycles. The zero-order valence-electron chi connectivity index (χ0n) is 34.1. The Labute approximate surface area is 349 Å². The zero-order chi connectivity index (χ0) is 39.8. The minimum Gasteiger partial charge on any atom is -0.409 e. The predicted octanol–water partition coefficient (Wildman–Crippen LogP) is 8.29. The third-order valence-electron chi connectivity index (χ3n) is 13.3. The molecule has 4 heterocycles. The molecule has 3 aromatic rings. The van der Waals surface area contributed by atoms with Gasteiger partial charge in [0.05, 0.1) is 17.6 Å². The second-order valence-corrected chi connectivity index (χ2v) is 18.6. The molecule has 9 nitrogen and oxygen atoms in total. The van der Waals surface area contributed by atoms with Gasteiger partial charge in [-0.3, -0.25) is 14.5 Å². The van der Waals surface area contributed by atoms with E-state index in [-0.39, 0.29) is 43.4 Å². The van der Waals surface area contributed by atoms with Crippen LogP contribution in [0, 0.1) is 19.3 Å². The molecule has 57 heavy (non-hydrogen) atoms. The van der Waals surface area contributed by atoms with Gasteiger partial charge < -0.3 is 24.8 Å². The van der Waals surface area contributed by atoms with Crippen LogP contribution in [0.4, 0.5) is 4.79 Å². The number of ether oxygens (including phenoxy) is 1. The van der Waals surface area contributed by atoms with Crippen molar-refractivity contribution in [1.82, 2.24) is 24.9 Å². The first-order valence-corrected chi connectivity index (χ1v) is 22.7. The van der Waals surface area contributed by atoms with Crippen molar-refractivity contribution < 1.29 is 19.1 Å². The van der Waals surface area contributed by atoms with Crippen molar-refractivity contribution >= 4 is 40.7 Å². The van der Waals surface area contributed by atoms with E-state index in [1.807, 2.05) is 37.4 Å². The van der Waals surface area contributed by atoms with Gasteiger partial charge in [-0.1, -0.05) is 60.5 Å². The van der Waals surface area contributed by atoms with Gasteiger partial charge in [0.15, 0.2) is 11.5 Å². The number of halogens is 1. The second-order valence-electron chi connectivity index (χ2n) is 17.2. The lowest BCUT2D eigenvalue weighted by Crippen LogP contribution is -2.63. The summed E-state index contributed by atoms with van der Waals surface area (Å²) in [4.78, 5) is 52.3. The Bertz CT molecular complexity index is 1790. The predicted molar refractivity (Wildman–Crippen MR) is 229 cm³/mol. The summed E-state index contributed by atoms with van der Waals surface area (Å²) in [7, 11) is 0. The number of rotatable bonds is 15. The lowest BCUT2D eigenvalue weighted by atomic mass is 9.72. The van der Waals surface area contributed by atoms with Gasteiger partial charge in [-0.25, -0.2) is 4.79 Å². The number of nitrogens with zero attached hydrogens (tertiary/aromatic N) is 4. The van der Waals surface area contributed by atoms with Crippen molar-refractivity contribution in [3.8, 4) is 5.75 Å². The summed E-state index contributed by atoms with van der Waals surface area (Å²) in [6.07, 6.45) is 11.3. The zero-order valence-corrected chi connectivity index (χ0v) is 35.6. The number of hydrogen-bond donors (Lipinski definition) is 1. The molecule has 1 N–H and O–H groups in total. The molecule has 7 rings (SSSR count). The van der Waals surface area contributed by atoms with Crippen molar-refractivity contribution in [3.05, 3.63) is 86.6 Å². The number of benzene rings is 2. The van der Waals surface area contributed by atoms with E-state index < -0.39 is 12.1 Å². The van der Waals surface area contributed by atoms with E-state index in [1.165, 1.54) is 50.8 Å². The first-order chi connectivity index (χ1) is 27.7. The van der Waals surface area contributed by atoms with Crippen LogP contribution >= 0.6 is 22.9 Å². The Morgan fingerprint density at radius 3 is 2.46 bits per heavy atom. The molecular formula is C46H62ClN5O4S. The molecule has 1 spiro atoms. The number of carbonyl (C=O) groups excluding carboxylic acids is 3. The van der Waals surface area contributed by atoms with Gasteiger partial charge in [0.2, 0.25) is 5.91 Å². The molecule has 0 radical (unpaired) electrons. The number of nitrogens with one attached hydrogen (secondary N) is 1. The average molecular weight is 817 g/mol. The number of amides is 2. The Balaban J connectivity index is 1.02. The summed E-state index contributed by atoms with van der Waals surface area (Å²) in [6.45, 7) is 11.2. The highest BCUT2D eigenvalue weighted by atomic mass is 35.5. The third-order valence-corrected chi connectivity index (χ3v) is 14.7. The van der Waals surface area contributed by atoms with Crippen molar-refractivity contribution in [2.75, 3.05) is 52.4 Å². The molecule has 3 aliphatic heterocycles. The largest absolute Gasteiger partial charge is 0.415 e. The van der Waals surface area contributed by atoms with Crippen LogP contribution < -0.4 is 10.1 Å². The summed E-state index contributed by atoms with van der Waals surface area (Å²) >= 11 is 8.21. The molecule has 11 heteroatoms. The van der Waals surface area contributed by atoms with Gasteiger partial charge in [-0.15, -0.1) is 11.3 Å². The van der Waals surface area contributed by atoms with Gasteiger partial charge in [-0.05, 0) is 144 Å². The van der Waals surface area contributed by atoms with Crippen LogP contribution in [0.25, 0.3) is 0 Å². The smallest absolute Gasteiger partial charge is 0.409 e. The maximum Gasteiger partial charge on any atom is 0.415 e. The Kier molecular flexibility index (Phi) is 14.4. The average Bonchev–Trinajstić information content (AvgIpc) is 4.03. The molecule has 2 aromatic carbocycles. The van der Waals surface area contributed by atoms with E-state index in [0.29, 0.717) is 29.0 Å². The molecule has 4 aliphatic rings. The summed E-state index contributed by atoms with van der Waals surface area (Å²) < 4.78 is 5.82. The van der Waals surface area contributed by atoms with Crippen LogP contribution in [0.15, 0.2) is 60.0 Å². The molecular weight excluding hydrogens is 754 g/mol. The highest BCUT2D eigenvalue weighted by Crippen LogP contribution is 2.44. The summed E-state index contributed by atoms with van der Waals surface area (Å²) in [5.41, 5.74) is 3.61. The number of hydrogen-bond acceptors (Lipinski definition) is 8. The Morgan fingerprint density at radius 2 is 1.70 bits per heavy atom. The number of ketones is 1. The molecule has 2 amide bonds. The van der Waals surface area contributed by atoms with Crippen molar-refractivity contribution in [1.29, 1.82) is 0 Å². The molecule has 1 aliphatic carbocycles. The molecule has 0 unspecified atom stereocenters. The van der Waals surface area contributed by atoms with Crippen LogP contribution in [0.3, 0.4) is 0 Å². The number of Topliss-reactive ketones (excluding diaryl/α,β-unsaturated/α-hetero) is 1. The highest BCUT2D eigenvalue weighted by Gasteiger charge is 2.43. The molecule has 2 atom stereocenters. The molecule has 0 bridgehead atoms. The number of carbonyl (C=O) groups is 3. The van der Waals surface area contributed by atoms with E-state index in [4.69, 9.17) is 16.3 Å². The fourth-order valence-corrected chi connectivity index (χ4v) is 10.6. The maximum atomic E-state index is 14.9. The number of unbranched alkanes of at least 4 members (excludes halogenated alkanes) is 1. The lowest BCUT2D eigenvalue weighted by molar-refractivity contribution is -0.144. The summed E-state index contributed by atoms with van der Waals surface area (Å²) in [5, 5.41) is 6.32. The SMILES string of the molecule is Cc1ccc(OC(=O)N2CCN(C(=O)[C@@H](CCCCN3CCCC3)NC3CCC4(CC3)CCN(Cc3ccccc3)C4)[C@H](C(=O)CCc3cccs3)C2)c(Cl)c1C. The molecule has 4 fully saturated rings. The van der Waals surface area contributed by atoms with Gasteiger partial charge in [-0.2, -0.15) is 0 Å². The highest BCUT2D eigenvalue weighted by molar-refractivity contribution is 7.09. The van der Waals surface area contributed by atoms with Gasteiger partial charge in [0.1, 0.15) is 6.04 Å². The number of piperazine rings is 1. The first kappa shape index (κ1) is 41.9. The quantitative estimate of drug-likeness (QED) is 0.155. The number of aryl methyl sites for hydroxylation is 2. The Hall–Kier alpha value is -3.28. The van der Waals surface area contributed by atoms with Gasteiger partial charge in [0.25, 0.3) is 0 Å². The lowest BCUT2D eigenvalue weighted by Gasteiger charge is -2.43. The van der Waals surface area contributed by atoms with E-state index >= 15 is 0 Å². The number of thiophene rings is 1. The van der Waals surface area contributed by atoms with E-state index in [2.05, 4.69) is 45.4 Å². The van der Waals surface area contributed by atoms with Gasteiger partial charge in [0, 0.05) is 43.5 Å². The molecule has 1 saturated carbocycles. The minimum absolute atomic E-state index is 0.00828. The van der Waals surface area contributed by atoms with Crippen LogP contribution in [-0.2, 0) is 22.6 Å². The first-order valence-electron chi connectivity index (χ1n) is 21.5. The van der Waals surface area contributed by atoms with Crippen molar-refractivity contribution in [2.45, 2.75) is 116 Å². The van der Waals surface area contributed by atoms with Crippen molar-refractivity contribution in [3.63, 3.8) is 0 Å². The van der Waals surface area contributed by atoms with E-state index in [0.717, 1.165) is 74.3 Å². The molecule has 308 valence electrons. The summed E-state index contributed by atoms with van der Waals surface area (Å²) in [6, 6.07) is 17.6. The second kappa shape index (κ2) is 19.6. The Morgan fingerprint density at radius 1 is 0.912 bits per heavy atom.